The average molecular weight is 214 g/mol. The zero-order valence-corrected chi connectivity index (χ0v) is 11.3. The third kappa shape index (κ3) is 4.52. The molecule has 15 heavy (non-hydrogen) atoms. The Hall–Kier alpha value is -0.0800. The second-order valence-electron chi connectivity index (χ2n) is 4.99. The minimum absolute atomic E-state index is 0.191. The van der Waals surface area contributed by atoms with Gasteiger partial charge in [-0.15, -0.1) is 0 Å². The predicted octanol–water partition coefficient (Wildman–Crippen LogP) is 2.87. The first-order chi connectivity index (χ1) is 7.03. The molecule has 0 radical (unpaired) electrons. The van der Waals surface area contributed by atoms with E-state index in [-0.39, 0.29) is 5.54 Å². The summed E-state index contributed by atoms with van der Waals surface area (Å²) in [5.41, 5.74) is 6.09. The Balaban J connectivity index is 4.33. The molecule has 0 aromatic heterocycles. The maximum absolute atomic E-state index is 5.90. The van der Waals surface area contributed by atoms with Crippen LogP contribution in [0.4, 0.5) is 0 Å². The number of hydrogen-bond donors (Lipinski definition) is 1. The minimum Gasteiger partial charge on any atom is -0.329 e. The molecule has 0 fully saturated rings. The highest BCUT2D eigenvalue weighted by Crippen LogP contribution is 2.20. The van der Waals surface area contributed by atoms with Crippen molar-refractivity contribution in [3.05, 3.63) is 0 Å². The van der Waals surface area contributed by atoms with E-state index in [2.05, 4.69) is 39.5 Å². The van der Waals surface area contributed by atoms with Crippen molar-refractivity contribution < 1.29 is 0 Å². The van der Waals surface area contributed by atoms with E-state index in [1.165, 1.54) is 19.4 Å². The Labute approximate surface area is 96.2 Å². The lowest BCUT2D eigenvalue weighted by Crippen LogP contribution is -2.52. The number of nitrogens with two attached hydrogens (primary N) is 1. The maximum atomic E-state index is 5.90. The third-order valence-electron chi connectivity index (χ3n) is 3.66. The fourth-order valence-corrected chi connectivity index (χ4v) is 2.19. The van der Waals surface area contributed by atoms with Gasteiger partial charge in [-0.3, -0.25) is 4.90 Å². The molecule has 2 nitrogen and oxygen atoms in total. The molecule has 0 amide bonds. The third-order valence-corrected chi connectivity index (χ3v) is 3.66. The summed E-state index contributed by atoms with van der Waals surface area (Å²) in [6, 6.07) is 0. The maximum Gasteiger partial charge on any atom is 0.0300 e. The van der Waals surface area contributed by atoms with Crippen LogP contribution < -0.4 is 5.73 Å². The smallest absolute Gasteiger partial charge is 0.0300 e. The van der Waals surface area contributed by atoms with Crippen LogP contribution in [0.2, 0.25) is 0 Å². The number of likely N-dealkylation sites (N-methyl/N-ethyl adjacent to an activating group) is 1. The molecular formula is C13H30N2. The molecule has 2 atom stereocenters. The van der Waals surface area contributed by atoms with Crippen molar-refractivity contribution in [1.82, 2.24) is 4.90 Å². The van der Waals surface area contributed by atoms with Crippen molar-refractivity contribution in [3.63, 3.8) is 0 Å². The molecule has 2 N–H and O–H groups in total. The molecule has 0 saturated carbocycles. The highest BCUT2D eigenvalue weighted by Gasteiger charge is 2.27. The molecule has 0 bridgehead atoms. The van der Waals surface area contributed by atoms with Gasteiger partial charge in [-0.25, -0.2) is 0 Å². The van der Waals surface area contributed by atoms with E-state index in [9.17, 15) is 0 Å². The van der Waals surface area contributed by atoms with Crippen LogP contribution in [0.15, 0.2) is 0 Å². The van der Waals surface area contributed by atoms with Crippen molar-refractivity contribution in [2.45, 2.75) is 59.4 Å². The second kappa shape index (κ2) is 7.24. The second-order valence-corrected chi connectivity index (χ2v) is 4.99. The molecule has 0 aliphatic rings. The Kier molecular flexibility index (Phi) is 7.20. The molecule has 0 aromatic carbocycles. The van der Waals surface area contributed by atoms with Crippen LogP contribution in [0, 0.1) is 5.92 Å². The SMILES string of the molecule is CCCC(C)CN(CC)C(C)(CC)CN. The molecule has 0 spiro atoms. The van der Waals surface area contributed by atoms with Crippen LogP contribution in [0.25, 0.3) is 0 Å². The largest absolute Gasteiger partial charge is 0.329 e. The van der Waals surface area contributed by atoms with E-state index in [4.69, 9.17) is 5.73 Å². The van der Waals surface area contributed by atoms with Crippen LogP contribution in [0.1, 0.15) is 53.9 Å². The zero-order chi connectivity index (χ0) is 11.9. The predicted molar refractivity (Wildman–Crippen MR) is 69.1 cm³/mol. The van der Waals surface area contributed by atoms with Crippen LogP contribution in [-0.4, -0.2) is 30.1 Å². The standard InChI is InChI=1S/C13H30N2/c1-6-9-12(4)10-15(8-3)13(5,7-2)11-14/h12H,6-11,14H2,1-5H3. The first kappa shape index (κ1) is 14.9. The first-order valence-corrected chi connectivity index (χ1v) is 6.49. The molecule has 92 valence electrons. The quantitative estimate of drug-likeness (QED) is 0.673. The van der Waals surface area contributed by atoms with Crippen molar-refractivity contribution in [1.29, 1.82) is 0 Å². The Morgan fingerprint density at radius 1 is 1.27 bits per heavy atom. The molecule has 2 heteroatoms. The van der Waals surface area contributed by atoms with Crippen LogP contribution in [0.3, 0.4) is 0 Å². The number of rotatable bonds is 8. The van der Waals surface area contributed by atoms with Gasteiger partial charge in [0.25, 0.3) is 0 Å². The van der Waals surface area contributed by atoms with Gasteiger partial charge in [0.2, 0.25) is 0 Å². The normalized spacial score (nSPS) is 17.8. The van der Waals surface area contributed by atoms with Crippen molar-refractivity contribution >= 4 is 0 Å². The van der Waals surface area contributed by atoms with Gasteiger partial charge in [0.15, 0.2) is 0 Å². The van der Waals surface area contributed by atoms with Crippen molar-refractivity contribution in [2.75, 3.05) is 19.6 Å². The Morgan fingerprint density at radius 3 is 2.20 bits per heavy atom. The highest BCUT2D eigenvalue weighted by atomic mass is 15.2. The molecular weight excluding hydrogens is 184 g/mol. The van der Waals surface area contributed by atoms with Gasteiger partial charge in [0.1, 0.15) is 0 Å². The van der Waals surface area contributed by atoms with Gasteiger partial charge in [-0.05, 0) is 32.2 Å². The fourth-order valence-electron chi connectivity index (χ4n) is 2.19. The average Bonchev–Trinajstić information content (AvgIpc) is 2.25. The summed E-state index contributed by atoms with van der Waals surface area (Å²) in [6.45, 7) is 14.4. The van der Waals surface area contributed by atoms with Crippen LogP contribution in [0.5, 0.6) is 0 Å². The summed E-state index contributed by atoms with van der Waals surface area (Å²) in [5.74, 6) is 0.785. The summed E-state index contributed by atoms with van der Waals surface area (Å²) in [7, 11) is 0. The highest BCUT2D eigenvalue weighted by molar-refractivity contribution is 4.86. The van der Waals surface area contributed by atoms with Crippen LogP contribution in [-0.2, 0) is 0 Å². The molecule has 0 aliphatic carbocycles. The van der Waals surface area contributed by atoms with E-state index in [0.717, 1.165) is 25.4 Å². The molecule has 0 aliphatic heterocycles. The van der Waals surface area contributed by atoms with Gasteiger partial charge < -0.3 is 5.73 Å². The van der Waals surface area contributed by atoms with E-state index >= 15 is 0 Å². The summed E-state index contributed by atoms with van der Waals surface area (Å²) < 4.78 is 0. The fraction of sp³-hybridized carbons (Fsp3) is 1.00. The monoisotopic (exact) mass is 214 g/mol. The number of hydrogen-bond acceptors (Lipinski definition) is 2. The summed E-state index contributed by atoms with van der Waals surface area (Å²) in [6.07, 6.45) is 3.74. The summed E-state index contributed by atoms with van der Waals surface area (Å²) in [5, 5.41) is 0. The lowest BCUT2D eigenvalue weighted by Gasteiger charge is -2.41. The molecule has 2 unspecified atom stereocenters. The van der Waals surface area contributed by atoms with Crippen molar-refractivity contribution in [2.24, 2.45) is 11.7 Å². The Morgan fingerprint density at radius 2 is 1.87 bits per heavy atom. The van der Waals surface area contributed by atoms with Gasteiger partial charge in [0, 0.05) is 18.6 Å². The Bertz CT molecular complexity index is 153. The van der Waals surface area contributed by atoms with Gasteiger partial charge >= 0.3 is 0 Å². The zero-order valence-electron chi connectivity index (χ0n) is 11.3. The molecule has 0 rings (SSSR count). The van der Waals surface area contributed by atoms with E-state index in [1.54, 1.807) is 0 Å². The first-order valence-electron chi connectivity index (χ1n) is 6.49. The topological polar surface area (TPSA) is 29.3 Å². The molecule has 0 saturated heterocycles. The summed E-state index contributed by atoms with van der Waals surface area (Å²) in [4.78, 5) is 2.55. The van der Waals surface area contributed by atoms with E-state index in [0.29, 0.717) is 0 Å². The summed E-state index contributed by atoms with van der Waals surface area (Å²) >= 11 is 0. The lowest BCUT2D eigenvalue weighted by molar-refractivity contribution is 0.0934. The van der Waals surface area contributed by atoms with E-state index < -0.39 is 0 Å². The lowest BCUT2D eigenvalue weighted by atomic mass is 9.94. The van der Waals surface area contributed by atoms with E-state index in [1.807, 2.05) is 0 Å². The molecule has 0 heterocycles. The number of nitrogens with zero attached hydrogens (tertiary/aromatic N) is 1. The van der Waals surface area contributed by atoms with Gasteiger partial charge in [-0.2, -0.15) is 0 Å². The minimum atomic E-state index is 0.191. The molecule has 0 aromatic rings. The van der Waals surface area contributed by atoms with Gasteiger partial charge in [-0.1, -0.05) is 34.1 Å². The van der Waals surface area contributed by atoms with Crippen LogP contribution >= 0.6 is 0 Å². The van der Waals surface area contributed by atoms with Crippen molar-refractivity contribution in [3.8, 4) is 0 Å². The van der Waals surface area contributed by atoms with Gasteiger partial charge in [0.05, 0.1) is 0 Å².